The maximum atomic E-state index is 9.75. The summed E-state index contributed by atoms with van der Waals surface area (Å²) < 4.78 is 39.0. The van der Waals surface area contributed by atoms with Crippen molar-refractivity contribution >= 4 is 7.25 Å². The summed E-state index contributed by atoms with van der Waals surface area (Å²) in [6.45, 7) is 0.934. The minimum Gasteiger partial charge on any atom is -0.418 e. The van der Waals surface area contributed by atoms with E-state index >= 15 is 0 Å². The molecule has 0 unspecified atom stereocenters. The first kappa shape index (κ1) is 11.5. The quantitative estimate of drug-likeness (QED) is 0.400. The highest BCUT2D eigenvalue weighted by Crippen LogP contribution is 2.10. The van der Waals surface area contributed by atoms with E-state index in [1.807, 2.05) is 18.3 Å². The Balaban J connectivity index is 0.000000195. The molecule has 1 aliphatic heterocycles. The fourth-order valence-electron chi connectivity index (χ4n) is 1.11. The summed E-state index contributed by atoms with van der Waals surface area (Å²) in [7, 11) is -6.00. The molecule has 0 aliphatic carbocycles. The molecule has 1 nitrogen and oxygen atoms in total. The molecule has 1 aromatic carbocycles. The molecule has 0 spiro atoms. The van der Waals surface area contributed by atoms with Crippen LogP contribution in [-0.2, 0) is 6.54 Å². The number of rotatable bonds is 0. The summed E-state index contributed by atoms with van der Waals surface area (Å²) in [5.74, 6) is 0. The van der Waals surface area contributed by atoms with Crippen LogP contribution < -0.4 is 5.32 Å². The predicted molar refractivity (Wildman–Crippen MR) is 50.4 cm³/mol. The van der Waals surface area contributed by atoms with E-state index in [4.69, 9.17) is 0 Å². The highest BCUT2D eigenvalue weighted by atomic mass is 19.5. The van der Waals surface area contributed by atoms with Gasteiger partial charge in [-0.3, -0.25) is 0 Å². The zero-order chi connectivity index (χ0) is 11.3. The van der Waals surface area contributed by atoms with Gasteiger partial charge in [0.05, 0.1) is 24.3 Å². The summed E-state index contributed by atoms with van der Waals surface area (Å²) >= 11 is 0. The number of nitrogens with one attached hydrogen (secondary N) is 1. The number of fused-ring (bicyclic) bond motifs is 1. The van der Waals surface area contributed by atoms with E-state index in [1.54, 1.807) is 0 Å². The molecule has 0 aromatic heterocycles. The molecule has 1 aliphatic rings. The van der Waals surface area contributed by atoms with Crippen molar-refractivity contribution in [3.8, 4) is 0 Å². The Morgan fingerprint density at radius 2 is 1.73 bits per heavy atom. The Bertz CT molecular complexity index is 342. The molecular weight excluding hydrogens is 209 g/mol. The molecule has 0 fully saturated rings. The van der Waals surface area contributed by atoms with Crippen LogP contribution in [0, 0.1) is 6.08 Å². The van der Waals surface area contributed by atoms with Crippen LogP contribution in [0.1, 0.15) is 11.1 Å². The van der Waals surface area contributed by atoms with Crippen LogP contribution in [0.2, 0.25) is 0 Å². The lowest BCUT2D eigenvalue weighted by atomic mass is 10.1. The van der Waals surface area contributed by atoms with E-state index in [-0.39, 0.29) is 0 Å². The molecule has 1 aromatic rings. The Labute approximate surface area is 84.9 Å². The highest BCUT2D eigenvalue weighted by molar-refractivity contribution is 6.50. The molecule has 0 saturated heterocycles. The zero-order valence-corrected chi connectivity index (χ0v) is 7.68. The summed E-state index contributed by atoms with van der Waals surface area (Å²) in [6, 6.07) is 8.27. The van der Waals surface area contributed by atoms with Gasteiger partial charge >= 0.3 is 7.25 Å². The van der Waals surface area contributed by atoms with Crippen molar-refractivity contribution < 1.29 is 17.3 Å². The average molecular weight is 217 g/mol. The summed E-state index contributed by atoms with van der Waals surface area (Å²) in [5.41, 5.74) is 2.53. The fourth-order valence-corrected chi connectivity index (χ4v) is 1.11. The smallest absolute Gasteiger partial charge is 0.418 e. The van der Waals surface area contributed by atoms with Gasteiger partial charge in [-0.05, 0) is 12.1 Å². The van der Waals surface area contributed by atoms with Gasteiger partial charge in [-0.2, -0.15) is 0 Å². The van der Waals surface area contributed by atoms with Gasteiger partial charge in [-0.1, -0.05) is 0 Å². The van der Waals surface area contributed by atoms with Crippen molar-refractivity contribution in [2.75, 3.05) is 0 Å². The Morgan fingerprint density at radius 1 is 1.13 bits per heavy atom. The second-order valence-corrected chi connectivity index (χ2v) is 2.82. The van der Waals surface area contributed by atoms with Gasteiger partial charge in [0.2, 0.25) is 0 Å². The van der Waals surface area contributed by atoms with E-state index in [1.165, 1.54) is 11.1 Å². The number of benzene rings is 1. The van der Waals surface area contributed by atoms with Gasteiger partial charge in [-0.25, -0.2) is 0 Å². The number of hydrogen-bond acceptors (Lipinski definition) is 1. The topological polar surface area (TPSA) is 12.0 Å². The third kappa shape index (κ3) is 5.03. The standard InChI is InChI=1S/C9H8N.BF4/c1-2-4-9-7-10-6-5-8(9)3-1;2-1(3,4)5/h1-4,6,10H,7H2;/q+1;-1. The summed E-state index contributed by atoms with van der Waals surface area (Å²) in [6.07, 6.45) is 4.99. The van der Waals surface area contributed by atoms with E-state index in [2.05, 4.69) is 23.5 Å². The van der Waals surface area contributed by atoms with Gasteiger partial charge in [0.15, 0.2) is 5.56 Å². The van der Waals surface area contributed by atoms with Gasteiger partial charge in [0.25, 0.3) is 0 Å². The van der Waals surface area contributed by atoms with Crippen molar-refractivity contribution in [1.29, 1.82) is 0 Å². The molecule has 0 radical (unpaired) electrons. The minimum absolute atomic E-state index is 0.934. The van der Waals surface area contributed by atoms with E-state index in [9.17, 15) is 17.3 Å². The van der Waals surface area contributed by atoms with Gasteiger partial charge in [-0.15, -0.1) is 0 Å². The van der Waals surface area contributed by atoms with Crippen molar-refractivity contribution in [2.45, 2.75) is 6.54 Å². The average Bonchev–Trinajstić information content (AvgIpc) is 2.16. The van der Waals surface area contributed by atoms with E-state index < -0.39 is 7.25 Å². The Kier molecular flexibility index (Phi) is 3.69. The maximum absolute atomic E-state index is 9.75. The molecule has 0 saturated carbocycles. The van der Waals surface area contributed by atoms with Crippen LogP contribution in [0.4, 0.5) is 17.3 Å². The first-order valence-electron chi connectivity index (χ1n) is 4.23. The Morgan fingerprint density at radius 3 is 2.33 bits per heavy atom. The molecule has 80 valence electrons. The van der Waals surface area contributed by atoms with Crippen LogP contribution in [-0.4, -0.2) is 7.25 Å². The lowest BCUT2D eigenvalue weighted by Gasteiger charge is -2.00. The molecule has 6 heteroatoms. The van der Waals surface area contributed by atoms with Gasteiger partial charge < -0.3 is 22.6 Å². The van der Waals surface area contributed by atoms with Gasteiger partial charge in [0, 0.05) is 6.07 Å². The normalized spacial score (nSPS) is 12.8. The third-order valence-electron chi connectivity index (χ3n) is 1.64. The maximum Gasteiger partial charge on any atom is 0.673 e. The summed E-state index contributed by atoms with van der Waals surface area (Å²) in [5, 5.41) is 3.10. The monoisotopic (exact) mass is 217 g/mol. The van der Waals surface area contributed by atoms with Crippen LogP contribution in [0.5, 0.6) is 0 Å². The van der Waals surface area contributed by atoms with Crippen LogP contribution in [0.3, 0.4) is 0 Å². The van der Waals surface area contributed by atoms with E-state index in [0.717, 1.165) is 6.54 Å². The van der Waals surface area contributed by atoms with Crippen LogP contribution in [0.25, 0.3) is 0 Å². The van der Waals surface area contributed by atoms with Crippen LogP contribution >= 0.6 is 0 Å². The van der Waals surface area contributed by atoms with Crippen LogP contribution in [0.15, 0.2) is 30.5 Å². The molecule has 2 rings (SSSR count). The summed E-state index contributed by atoms with van der Waals surface area (Å²) in [4.78, 5) is 0. The number of halogens is 4. The van der Waals surface area contributed by atoms with Crippen molar-refractivity contribution in [3.05, 3.63) is 47.7 Å². The molecule has 0 bridgehead atoms. The highest BCUT2D eigenvalue weighted by Gasteiger charge is 2.20. The first-order chi connectivity index (χ1) is 6.97. The zero-order valence-electron chi connectivity index (χ0n) is 7.68. The molecular formula is C9H8BF4N. The molecule has 1 heterocycles. The lowest BCUT2D eigenvalue weighted by Crippen LogP contribution is -2.10. The predicted octanol–water partition coefficient (Wildman–Crippen LogP) is 2.75. The Hall–Kier alpha value is -1.55. The molecule has 0 amide bonds. The fraction of sp³-hybridized carbons (Fsp3) is 0.111. The number of hydrogen-bond donors (Lipinski definition) is 1. The van der Waals surface area contributed by atoms with Crippen molar-refractivity contribution in [2.24, 2.45) is 0 Å². The third-order valence-corrected chi connectivity index (χ3v) is 1.64. The van der Waals surface area contributed by atoms with Crippen molar-refractivity contribution in [1.82, 2.24) is 5.32 Å². The largest absolute Gasteiger partial charge is 0.673 e. The molecule has 1 N–H and O–H groups in total. The second kappa shape index (κ2) is 4.80. The first-order valence-corrected chi connectivity index (χ1v) is 4.23. The minimum atomic E-state index is -6.00. The van der Waals surface area contributed by atoms with Crippen molar-refractivity contribution in [3.63, 3.8) is 0 Å². The van der Waals surface area contributed by atoms with E-state index in [0.29, 0.717) is 0 Å². The lowest BCUT2D eigenvalue weighted by molar-refractivity contribution is 0.368. The molecule has 0 atom stereocenters. The second-order valence-electron chi connectivity index (χ2n) is 2.82. The molecule has 15 heavy (non-hydrogen) atoms. The SMILES string of the molecule is F[B-](F)(F)F.[C+]1=CNCc2ccccc21. The van der Waals surface area contributed by atoms with Gasteiger partial charge in [0.1, 0.15) is 6.20 Å².